The van der Waals surface area contributed by atoms with Gasteiger partial charge in [-0.15, -0.1) is 0 Å². The fourth-order valence-corrected chi connectivity index (χ4v) is 7.26. The molecular formula is C55H96NO7+. The molecule has 0 saturated carbocycles. The number of aliphatic carboxylic acids is 1. The van der Waals surface area contributed by atoms with E-state index in [1.54, 1.807) is 0 Å². The Kier molecular flexibility index (Phi) is 43.0. The Bertz CT molecular complexity index is 1260. The van der Waals surface area contributed by atoms with Crippen molar-refractivity contribution < 1.29 is 38.2 Å². The summed E-state index contributed by atoms with van der Waals surface area (Å²) < 4.78 is 17.3. The molecule has 1 N–H and O–H groups in total. The molecule has 0 amide bonds. The van der Waals surface area contributed by atoms with Crippen molar-refractivity contribution in [1.82, 2.24) is 0 Å². The molecule has 0 rings (SSSR count). The lowest BCUT2D eigenvalue weighted by atomic mass is 10.0. The third kappa shape index (κ3) is 43.8. The number of carbonyl (C=O) groups is 3. The molecule has 0 radical (unpaired) electrons. The van der Waals surface area contributed by atoms with Gasteiger partial charge in [-0.1, -0.05) is 196 Å². The summed E-state index contributed by atoms with van der Waals surface area (Å²) in [5, 5.41) is 9.65. The molecule has 362 valence electrons. The summed E-state index contributed by atoms with van der Waals surface area (Å²) in [7, 11) is 5.52. The maximum Gasteiger partial charge on any atom is 0.362 e. The number of carboxylic acid groups (broad SMARTS) is 1. The van der Waals surface area contributed by atoms with Crippen molar-refractivity contribution in [2.45, 2.75) is 219 Å². The number of carboxylic acids is 1. The third-order valence-corrected chi connectivity index (χ3v) is 11.2. The largest absolute Gasteiger partial charge is 0.477 e. The smallest absolute Gasteiger partial charge is 0.362 e. The average Bonchev–Trinajstić information content (AvgIpc) is 3.24. The number of likely N-dealkylation sites (N-methyl/N-ethyl adjacent to an activating group) is 1. The van der Waals surface area contributed by atoms with Gasteiger partial charge in [-0.2, -0.15) is 0 Å². The van der Waals surface area contributed by atoms with E-state index in [-0.39, 0.29) is 36.2 Å². The summed E-state index contributed by atoms with van der Waals surface area (Å²) in [6, 6.07) is -0.622. The second kappa shape index (κ2) is 45.3. The zero-order valence-corrected chi connectivity index (χ0v) is 41.3. The van der Waals surface area contributed by atoms with Gasteiger partial charge in [-0.3, -0.25) is 9.59 Å². The minimum atomic E-state index is -0.879. The van der Waals surface area contributed by atoms with E-state index in [1.807, 2.05) is 21.1 Å². The molecule has 0 aliphatic carbocycles. The Labute approximate surface area is 387 Å². The van der Waals surface area contributed by atoms with Gasteiger partial charge in [0.2, 0.25) is 0 Å². The lowest BCUT2D eigenvalue weighted by Crippen LogP contribution is -2.50. The normalized spacial score (nSPS) is 13.5. The van der Waals surface area contributed by atoms with Crippen LogP contribution in [0, 0.1) is 0 Å². The predicted octanol–water partition coefficient (Wildman–Crippen LogP) is 14.7. The van der Waals surface area contributed by atoms with Crippen LogP contribution in [0.5, 0.6) is 0 Å². The van der Waals surface area contributed by atoms with Gasteiger partial charge < -0.3 is 23.8 Å². The van der Waals surface area contributed by atoms with Crippen molar-refractivity contribution >= 4 is 17.9 Å². The zero-order valence-electron chi connectivity index (χ0n) is 41.3. The second-order valence-electron chi connectivity index (χ2n) is 18.1. The predicted molar refractivity (Wildman–Crippen MR) is 266 cm³/mol. The molecule has 0 aromatic heterocycles. The number of hydrogen-bond acceptors (Lipinski definition) is 6. The quantitative estimate of drug-likeness (QED) is 0.0214. The van der Waals surface area contributed by atoms with Crippen molar-refractivity contribution in [1.29, 1.82) is 0 Å². The van der Waals surface area contributed by atoms with Crippen LogP contribution >= 0.6 is 0 Å². The van der Waals surface area contributed by atoms with Gasteiger partial charge >= 0.3 is 17.9 Å². The topological polar surface area (TPSA) is 99.1 Å². The number of ether oxygens (including phenoxy) is 3. The van der Waals surface area contributed by atoms with Gasteiger partial charge in [-0.05, 0) is 64.2 Å². The molecule has 8 nitrogen and oxygen atoms in total. The molecule has 0 saturated heterocycles. The summed E-state index contributed by atoms with van der Waals surface area (Å²) >= 11 is 0. The molecule has 0 aromatic carbocycles. The fourth-order valence-electron chi connectivity index (χ4n) is 7.26. The van der Waals surface area contributed by atoms with Crippen molar-refractivity contribution in [2.24, 2.45) is 0 Å². The molecule has 0 heterocycles. The van der Waals surface area contributed by atoms with Crippen LogP contribution in [0.25, 0.3) is 0 Å². The van der Waals surface area contributed by atoms with E-state index in [4.69, 9.17) is 14.2 Å². The van der Waals surface area contributed by atoms with Crippen LogP contribution in [0.3, 0.4) is 0 Å². The van der Waals surface area contributed by atoms with Gasteiger partial charge in [0, 0.05) is 19.3 Å². The number of unbranched alkanes of at least 4 members (excludes halogenated alkanes) is 22. The summed E-state index contributed by atoms with van der Waals surface area (Å²) in [6.07, 6.45) is 58.0. The third-order valence-electron chi connectivity index (χ3n) is 11.2. The maximum absolute atomic E-state index is 12.8. The standard InChI is InChI=1S/C55H95NO7/c1-6-8-10-12-14-16-18-20-22-24-26-27-28-30-32-34-36-38-40-42-44-46-54(58)63-51(49-61-48-47-52(55(59)60)56(3,4)5)50-62-53(57)45-43-41-39-37-35-33-31-29-25-23-21-19-17-15-13-11-9-7-2/h8,10,14-17,19,21,23,25,29,31,51-52H,6-7,9,11-13,18,20,22,24,26-28,30,32-50H2,1-5H3/p+1/b10-8+,16-14+,17-15+,21-19+,25-23+,31-29+. The monoisotopic (exact) mass is 883 g/mol. The highest BCUT2D eigenvalue weighted by atomic mass is 16.6. The molecule has 0 aliphatic rings. The van der Waals surface area contributed by atoms with Crippen molar-refractivity contribution in [3.8, 4) is 0 Å². The molecule has 0 bridgehead atoms. The maximum atomic E-state index is 12.8. The summed E-state index contributed by atoms with van der Waals surface area (Å²) in [5.41, 5.74) is 0. The van der Waals surface area contributed by atoms with E-state index in [0.29, 0.717) is 19.3 Å². The van der Waals surface area contributed by atoms with E-state index in [9.17, 15) is 19.5 Å². The highest BCUT2D eigenvalue weighted by Crippen LogP contribution is 2.15. The average molecular weight is 883 g/mol. The van der Waals surface area contributed by atoms with Crippen molar-refractivity contribution in [3.05, 3.63) is 72.9 Å². The molecule has 2 atom stereocenters. The number of allylic oxidation sites excluding steroid dienone is 12. The number of carbonyl (C=O) groups excluding carboxylic acids is 2. The Hall–Kier alpha value is -3.23. The van der Waals surface area contributed by atoms with Crippen LogP contribution in [-0.2, 0) is 28.6 Å². The lowest BCUT2D eigenvalue weighted by molar-refractivity contribution is -0.887. The molecular weight excluding hydrogens is 787 g/mol. The molecule has 2 unspecified atom stereocenters. The minimum absolute atomic E-state index is 0.0510. The summed E-state index contributed by atoms with van der Waals surface area (Å²) in [4.78, 5) is 37.2. The highest BCUT2D eigenvalue weighted by Gasteiger charge is 2.31. The minimum Gasteiger partial charge on any atom is -0.477 e. The first-order chi connectivity index (χ1) is 30.6. The van der Waals surface area contributed by atoms with Gasteiger partial charge in [0.25, 0.3) is 0 Å². The molecule has 0 aromatic rings. The Morgan fingerprint density at radius 3 is 1.44 bits per heavy atom. The van der Waals surface area contributed by atoms with Crippen LogP contribution < -0.4 is 0 Å². The van der Waals surface area contributed by atoms with Crippen LogP contribution in [-0.4, -0.2) is 80.6 Å². The molecule has 0 aliphatic heterocycles. The van der Waals surface area contributed by atoms with Crippen molar-refractivity contribution in [2.75, 3.05) is 41.0 Å². The number of rotatable bonds is 45. The number of hydrogen-bond donors (Lipinski definition) is 1. The number of esters is 2. The first-order valence-electron chi connectivity index (χ1n) is 25.5. The number of nitrogens with zero attached hydrogens (tertiary/aromatic N) is 1. The van der Waals surface area contributed by atoms with Crippen LogP contribution in [0.4, 0.5) is 0 Å². The van der Waals surface area contributed by atoms with E-state index in [2.05, 4.69) is 86.8 Å². The highest BCUT2D eigenvalue weighted by molar-refractivity contribution is 5.72. The van der Waals surface area contributed by atoms with Gasteiger partial charge in [0.1, 0.15) is 6.61 Å². The molecule has 8 heteroatoms. The number of quaternary nitrogens is 1. The van der Waals surface area contributed by atoms with Gasteiger partial charge in [0.05, 0.1) is 34.4 Å². The van der Waals surface area contributed by atoms with Crippen LogP contribution in [0.15, 0.2) is 72.9 Å². The fraction of sp³-hybridized carbons (Fsp3) is 0.727. The van der Waals surface area contributed by atoms with Crippen LogP contribution in [0.2, 0.25) is 0 Å². The van der Waals surface area contributed by atoms with E-state index in [0.717, 1.165) is 77.0 Å². The Balaban J connectivity index is 4.29. The first kappa shape index (κ1) is 59.8. The Morgan fingerprint density at radius 2 is 0.952 bits per heavy atom. The SMILES string of the molecule is CC/C=C/C/C=C/CCCCCCCCCCCCCCCCC(=O)OC(COCCC(C(=O)O)[N+](C)(C)C)COC(=O)CCCCCCC/C=C/C=C/C=C/C=C/CCCCC. The molecule has 0 spiro atoms. The molecule has 63 heavy (non-hydrogen) atoms. The van der Waals surface area contributed by atoms with E-state index in [1.165, 1.54) is 96.3 Å². The van der Waals surface area contributed by atoms with Gasteiger partial charge in [-0.25, -0.2) is 4.79 Å². The van der Waals surface area contributed by atoms with E-state index < -0.39 is 18.1 Å². The zero-order chi connectivity index (χ0) is 46.3. The lowest BCUT2D eigenvalue weighted by Gasteiger charge is -2.31. The summed E-state index contributed by atoms with van der Waals surface area (Å²) in [6.45, 7) is 4.58. The van der Waals surface area contributed by atoms with E-state index >= 15 is 0 Å². The van der Waals surface area contributed by atoms with Crippen LogP contribution in [0.1, 0.15) is 206 Å². The first-order valence-corrected chi connectivity index (χ1v) is 25.5. The summed E-state index contributed by atoms with van der Waals surface area (Å²) in [5.74, 6) is -1.50. The van der Waals surface area contributed by atoms with Crippen molar-refractivity contribution in [3.63, 3.8) is 0 Å². The van der Waals surface area contributed by atoms with Gasteiger partial charge in [0.15, 0.2) is 12.1 Å². The Morgan fingerprint density at radius 1 is 0.508 bits per heavy atom. The molecule has 0 fully saturated rings. The second-order valence-corrected chi connectivity index (χ2v) is 18.1.